The molecular weight excluding hydrogens is 976 g/mol. The third-order valence-corrected chi connectivity index (χ3v) is 15.1. The summed E-state index contributed by atoms with van der Waals surface area (Å²) in [4.78, 5) is 40.0. The largest absolute Gasteiger partial charge is 0.756 e. The van der Waals surface area contributed by atoms with Gasteiger partial charge in [-0.1, -0.05) is 274 Å². The van der Waals surface area contributed by atoms with Gasteiger partial charge in [0.05, 0.1) is 33.8 Å². The third-order valence-electron chi connectivity index (χ3n) is 14.2. The Morgan fingerprint density at radius 3 is 1.25 bits per heavy atom. The smallest absolute Gasteiger partial charge is 0.306 e. The Morgan fingerprint density at radius 2 is 0.831 bits per heavy atom. The van der Waals surface area contributed by atoms with Crippen molar-refractivity contribution in [3.8, 4) is 0 Å². The van der Waals surface area contributed by atoms with Crippen LogP contribution in [-0.2, 0) is 27.9 Å². The van der Waals surface area contributed by atoms with E-state index in [0.29, 0.717) is 17.4 Å². The van der Waals surface area contributed by atoms with Gasteiger partial charge in [0, 0.05) is 12.8 Å². The molecule has 0 aliphatic carbocycles. The average Bonchev–Trinajstić information content (AvgIpc) is 3.39. The summed E-state index contributed by atoms with van der Waals surface area (Å²) in [5, 5.41) is 3.03. The van der Waals surface area contributed by atoms with Crippen molar-refractivity contribution >= 4 is 19.7 Å². The van der Waals surface area contributed by atoms with E-state index in [2.05, 4.69) is 86.8 Å². The van der Waals surface area contributed by atoms with Crippen LogP contribution in [0.25, 0.3) is 0 Å². The van der Waals surface area contributed by atoms with E-state index in [-0.39, 0.29) is 31.5 Å². The molecule has 0 aliphatic rings. The second kappa shape index (κ2) is 56.7. The Hall–Kier alpha value is -2.55. The molecule has 0 saturated carbocycles. The minimum atomic E-state index is -4.70. The molecule has 3 unspecified atom stereocenters. The minimum absolute atomic E-state index is 0.0238. The fraction of sp³-hybridized carbons (Fsp3) is 0.791. The molecule has 0 aliphatic heterocycles. The highest BCUT2D eigenvalue weighted by Gasteiger charge is 2.27. The van der Waals surface area contributed by atoms with Crippen molar-refractivity contribution in [2.45, 2.75) is 303 Å². The maximum atomic E-state index is 13.5. The molecule has 10 heteroatoms. The van der Waals surface area contributed by atoms with Crippen LogP contribution in [0.2, 0.25) is 0 Å². The van der Waals surface area contributed by atoms with Crippen LogP contribution in [0.3, 0.4) is 0 Å². The number of unbranched alkanes of at least 4 members (excludes halogenated alkanes) is 32. The number of likely N-dealkylation sites (N-methyl/N-ethyl adjacent to an activating group) is 1. The molecule has 9 nitrogen and oxygen atoms in total. The SMILES string of the molecule is CC/C=C\C/C=C\C/C=C\C/C=C\C/C=C\CCCCCCCCCCCC(=O)OC(/C=C\CCCCCCCCCCCCC)C(COP(=O)([O-])OCC[N+](C)(C)C)NC(=O)CCCCCCCCCCCCCCC. The molecule has 0 spiro atoms. The van der Waals surface area contributed by atoms with E-state index in [4.69, 9.17) is 13.8 Å². The molecule has 1 amide bonds. The van der Waals surface area contributed by atoms with Gasteiger partial charge >= 0.3 is 5.97 Å². The Labute approximate surface area is 476 Å². The van der Waals surface area contributed by atoms with Crippen LogP contribution in [0.4, 0.5) is 0 Å². The van der Waals surface area contributed by atoms with E-state index in [1.165, 1.54) is 154 Å². The summed E-state index contributed by atoms with van der Waals surface area (Å²) >= 11 is 0. The zero-order valence-electron chi connectivity index (χ0n) is 51.2. The normalized spacial score (nSPS) is 14.1. The number of esters is 1. The number of ether oxygens (including phenoxy) is 1. The number of nitrogens with one attached hydrogen (secondary N) is 1. The molecule has 0 rings (SSSR count). The van der Waals surface area contributed by atoms with Crippen LogP contribution in [0, 0.1) is 0 Å². The zero-order chi connectivity index (χ0) is 56.4. The molecule has 0 heterocycles. The lowest BCUT2D eigenvalue weighted by atomic mass is 10.0. The van der Waals surface area contributed by atoms with E-state index in [0.717, 1.165) is 103 Å². The molecule has 0 aromatic rings. The number of allylic oxidation sites excluding steroid dienone is 11. The highest BCUT2D eigenvalue weighted by molar-refractivity contribution is 7.45. The highest BCUT2D eigenvalue weighted by Crippen LogP contribution is 2.38. The van der Waals surface area contributed by atoms with Gasteiger partial charge in [-0.25, -0.2) is 0 Å². The molecule has 0 saturated heterocycles. The van der Waals surface area contributed by atoms with Gasteiger partial charge in [-0.2, -0.15) is 0 Å². The van der Waals surface area contributed by atoms with Crippen molar-refractivity contribution in [2.75, 3.05) is 40.9 Å². The second-order valence-electron chi connectivity index (χ2n) is 22.9. The number of nitrogens with zero attached hydrogens (tertiary/aromatic N) is 1. The number of carbonyl (C=O) groups is 2. The number of hydrogen-bond acceptors (Lipinski definition) is 7. The number of quaternary nitrogens is 1. The summed E-state index contributed by atoms with van der Waals surface area (Å²) in [5.41, 5.74) is 0. The van der Waals surface area contributed by atoms with Gasteiger partial charge in [0.1, 0.15) is 19.3 Å². The maximum absolute atomic E-state index is 13.5. The van der Waals surface area contributed by atoms with Gasteiger partial charge in [-0.05, 0) is 76.7 Å². The molecule has 3 atom stereocenters. The first-order chi connectivity index (χ1) is 37.4. The fourth-order valence-electron chi connectivity index (χ4n) is 9.20. The zero-order valence-corrected chi connectivity index (χ0v) is 52.0. The second-order valence-corrected chi connectivity index (χ2v) is 24.3. The van der Waals surface area contributed by atoms with Gasteiger partial charge in [-0.3, -0.25) is 14.2 Å². The molecule has 0 aromatic heterocycles. The van der Waals surface area contributed by atoms with Gasteiger partial charge in [0.15, 0.2) is 0 Å². The monoisotopic (exact) mass is 1100 g/mol. The lowest BCUT2D eigenvalue weighted by molar-refractivity contribution is -0.870. The summed E-state index contributed by atoms with van der Waals surface area (Å²) in [6.45, 7) is 6.74. The Morgan fingerprint density at radius 1 is 0.468 bits per heavy atom. The quantitative estimate of drug-likeness (QED) is 0.0212. The van der Waals surface area contributed by atoms with E-state index >= 15 is 0 Å². The fourth-order valence-corrected chi connectivity index (χ4v) is 9.92. The van der Waals surface area contributed by atoms with Crippen molar-refractivity contribution in [1.82, 2.24) is 5.32 Å². The first kappa shape index (κ1) is 74.5. The Kier molecular flexibility index (Phi) is 54.8. The van der Waals surface area contributed by atoms with E-state index in [1.807, 2.05) is 33.3 Å². The van der Waals surface area contributed by atoms with Gasteiger partial charge in [0.2, 0.25) is 5.91 Å². The molecule has 0 fully saturated rings. The first-order valence-corrected chi connectivity index (χ1v) is 33.7. The van der Waals surface area contributed by atoms with E-state index in [9.17, 15) is 19.0 Å². The highest BCUT2D eigenvalue weighted by atomic mass is 31.2. The van der Waals surface area contributed by atoms with Gasteiger partial charge in [0.25, 0.3) is 7.82 Å². The van der Waals surface area contributed by atoms with Crippen LogP contribution >= 0.6 is 7.82 Å². The lowest BCUT2D eigenvalue weighted by Crippen LogP contribution is -2.47. The molecule has 77 heavy (non-hydrogen) atoms. The summed E-state index contributed by atoms with van der Waals surface area (Å²) in [6, 6.07) is -0.890. The van der Waals surface area contributed by atoms with Crippen LogP contribution in [-0.4, -0.2) is 69.4 Å². The standard InChI is InChI=1S/C67H123N2O7P/c1-7-10-13-16-19-22-25-28-29-30-31-32-33-34-35-36-37-38-39-42-45-48-51-54-57-60-67(71)76-65(58-55-52-49-46-43-40-26-23-20-17-14-11-8-2)64(63-75-77(72,73)74-62-61-69(4,5)6)68-66(70)59-56-53-50-47-44-41-27-24-21-18-15-12-9-3/h10,13,19,22,28-29,31-32,34-35,55,58,64-65H,7-9,11-12,14-18,20-21,23-27,30,33,36-54,56-57,59-63H2,1-6H3,(H-,68,70,72,73)/b13-10-,22-19-,29-28-,32-31-,35-34-,58-55-. The van der Waals surface area contributed by atoms with Crippen molar-refractivity contribution < 1.29 is 37.3 Å². The molecule has 0 aromatic carbocycles. The number of hydrogen-bond donors (Lipinski definition) is 1. The topological polar surface area (TPSA) is 114 Å². The van der Waals surface area contributed by atoms with Crippen LogP contribution in [0.5, 0.6) is 0 Å². The molecular formula is C67H123N2O7P. The van der Waals surface area contributed by atoms with Crippen LogP contribution < -0.4 is 10.2 Å². The van der Waals surface area contributed by atoms with Crippen LogP contribution in [0.1, 0.15) is 290 Å². The number of rotatable bonds is 58. The van der Waals surface area contributed by atoms with Crippen LogP contribution in [0.15, 0.2) is 72.9 Å². The summed E-state index contributed by atoms with van der Waals surface area (Å²) in [5.74, 6) is -0.541. The molecule has 1 N–H and O–H groups in total. The summed E-state index contributed by atoms with van der Waals surface area (Å²) < 4.78 is 30.3. The summed E-state index contributed by atoms with van der Waals surface area (Å²) in [7, 11) is 1.18. The lowest BCUT2D eigenvalue weighted by Gasteiger charge is -2.30. The predicted molar refractivity (Wildman–Crippen MR) is 330 cm³/mol. The van der Waals surface area contributed by atoms with E-state index < -0.39 is 20.0 Å². The number of phosphoric ester groups is 1. The van der Waals surface area contributed by atoms with E-state index in [1.54, 1.807) is 0 Å². The average molecular weight is 1100 g/mol. The summed E-state index contributed by atoms with van der Waals surface area (Å²) in [6.07, 6.45) is 72.9. The van der Waals surface area contributed by atoms with Crippen molar-refractivity contribution in [3.63, 3.8) is 0 Å². The maximum Gasteiger partial charge on any atom is 0.306 e. The molecule has 0 bridgehead atoms. The number of carbonyl (C=O) groups excluding carboxylic acids is 2. The first-order valence-electron chi connectivity index (χ1n) is 32.2. The number of amides is 1. The van der Waals surface area contributed by atoms with Crippen molar-refractivity contribution in [3.05, 3.63) is 72.9 Å². The van der Waals surface area contributed by atoms with Gasteiger partial charge in [-0.15, -0.1) is 0 Å². The third kappa shape index (κ3) is 57.9. The number of phosphoric acid groups is 1. The van der Waals surface area contributed by atoms with Crippen molar-refractivity contribution in [2.24, 2.45) is 0 Å². The molecule has 0 radical (unpaired) electrons. The van der Waals surface area contributed by atoms with Crippen molar-refractivity contribution in [1.29, 1.82) is 0 Å². The Balaban J connectivity index is 5.15. The van der Waals surface area contributed by atoms with Gasteiger partial charge < -0.3 is 28.5 Å². The Bertz CT molecular complexity index is 1550. The predicted octanol–water partition coefficient (Wildman–Crippen LogP) is 19.4. The molecule has 448 valence electrons. The minimum Gasteiger partial charge on any atom is -0.756 e.